The van der Waals surface area contributed by atoms with E-state index < -0.39 is 0 Å². The van der Waals surface area contributed by atoms with Crippen LogP contribution in [0.1, 0.15) is 25.0 Å². The highest BCUT2D eigenvalue weighted by molar-refractivity contribution is 5.97. The SMILES string of the molecule is O=C1CCCN1c1ccc(-c2cncc(-c3c4n(c5ncncc35)CCC4)c2)cc1. The van der Waals surface area contributed by atoms with Gasteiger partial charge in [0.2, 0.25) is 5.91 Å². The van der Waals surface area contributed by atoms with Gasteiger partial charge >= 0.3 is 0 Å². The molecule has 0 saturated carbocycles. The molecule has 6 nitrogen and oxygen atoms in total. The fourth-order valence-electron chi connectivity index (χ4n) is 4.85. The summed E-state index contributed by atoms with van der Waals surface area (Å²) in [4.78, 5) is 27.2. The third-order valence-corrected chi connectivity index (χ3v) is 6.24. The van der Waals surface area contributed by atoms with Gasteiger partial charge in [-0.25, -0.2) is 9.97 Å². The molecule has 1 aromatic carbocycles. The predicted octanol–water partition coefficient (Wildman–Crippen LogP) is 4.23. The maximum Gasteiger partial charge on any atom is 0.227 e. The van der Waals surface area contributed by atoms with Crippen LogP contribution in [0.3, 0.4) is 0 Å². The molecule has 4 aromatic rings. The Morgan fingerprint density at radius 3 is 2.50 bits per heavy atom. The van der Waals surface area contributed by atoms with Crippen LogP contribution in [0.25, 0.3) is 33.3 Å². The summed E-state index contributed by atoms with van der Waals surface area (Å²) in [6.07, 6.45) is 11.1. The van der Waals surface area contributed by atoms with Gasteiger partial charge in [0.05, 0.1) is 0 Å². The number of aromatic nitrogens is 4. The van der Waals surface area contributed by atoms with Gasteiger partial charge in [0.1, 0.15) is 12.0 Å². The fraction of sp³-hybridized carbons (Fsp3) is 0.250. The van der Waals surface area contributed by atoms with Gasteiger partial charge < -0.3 is 9.47 Å². The number of fused-ring (bicyclic) bond motifs is 3. The third kappa shape index (κ3) is 2.64. The van der Waals surface area contributed by atoms with Crippen molar-refractivity contribution >= 4 is 22.6 Å². The standard InChI is InChI=1S/C24H21N5O/c30-22-4-2-9-28(22)19-7-5-16(6-8-19)17-11-18(13-25-12-17)23-20-14-26-15-27-24(20)29-10-1-3-21(23)29/h5-8,11-15H,1-4,9-10H2. The molecule has 0 N–H and O–H groups in total. The van der Waals surface area contributed by atoms with Gasteiger partial charge in [0.15, 0.2) is 0 Å². The minimum atomic E-state index is 0.211. The summed E-state index contributed by atoms with van der Waals surface area (Å²) >= 11 is 0. The average molecular weight is 395 g/mol. The minimum Gasteiger partial charge on any atom is -0.329 e. The summed E-state index contributed by atoms with van der Waals surface area (Å²) in [6, 6.07) is 10.4. The van der Waals surface area contributed by atoms with E-state index in [0.717, 1.165) is 65.8 Å². The van der Waals surface area contributed by atoms with Crippen LogP contribution in [0, 0.1) is 0 Å². The molecule has 0 atom stereocenters. The molecular weight excluding hydrogens is 374 g/mol. The number of amides is 1. The molecule has 6 rings (SSSR count). The van der Waals surface area contributed by atoms with Crippen LogP contribution in [0.2, 0.25) is 0 Å². The molecule has 0 radical (unpaired) electrons. The highest BCUT2D eigenvalue weighted by Crippen LogP contribution is 2.38. The van der Waals surface area contributed by atoms with Gasteiger partial charge in [0, 0.05) is 71.6 Å². The van der Waals surface area contributed by atoms with Crippen molar-refractivity contribution in [2.45, 2.75) is 32.2 Å². The molecule has 0 aliphatic carbocycles. The zero-order valence-corrected chi connectivity index (χ0v) is 16.6. The summed E-state index contributed by atoms with van der Waals surface area (Å²) in [5, 5.41) is 1.09. The molecule has 0 unspecified atom stereocenters. The zero-order valence-electron chi connectivity index (χ0n) is 16.6. The first kappa shape index (κ1) is 17.3. The second kappa shape index (κ2) is 6.76. The van der Waals surface area contributed by atoms with Crippen LogP contribution in [0.5, 0.6) is 0 Å². The molecule has 30 heavy (non-hydrogen) atoms. The summed E-state index contributed by atoms with van der Waals surface area (Å²) in [5.41, 5.74) is 7.77. The van der Waals surface area contributed by atoms with Crippen LogP contribution in [0.15, 0.2) is 55.2 Å². The highest BCUT2D eigenvalue weighted by atomic mass is 16.2. The van der Waals surface area contributed by atoms with Crippen LogP contribution >= 0.6 is 0 Å². The highest BCUT2D eigenvalue weighted by Gasteiger charge is 2.24. The van der Waals surface area contributed by atoms with Gasteiger partial charge in [-0.15, -0.1) is 0 Å². The molecule has 0 bridgehead atoms. The fourth-order valence-corrected chi connectivity index (χ4v) is 4.85. The molecule has 0 spiro atoms. The predicted molar refractivity (Wildman–Crippen MR) is 116 cm³/mol. The van der Waals surface area contributed by atoms with Crippen molar-refractivity contribution in [1.29, 1.82) is 0 Å². The Labute approximate surface area is 174 Å². The molecule has 6 heteroatoms. The molecule has 148 valence electrons. The van der Waals surface area contributed by atoms with Crippen LogP contribution in [0.4, 0.5) is 5.69 Å². The number of carbonyl (C=O) groups excluding carboxylic acids is 1. The average Bonchev–Trinajstić information content (AvgIpc) is 3.50. The number of rotatable bonds is 3. The molecule has 2 aliphatic rings. The van der Waals surface area contributed by atoms with E-state index in [1.165, 1.54) is 11.3 Å². The van der Waals surface area contributed by atoms with E-state index in [1.807, 2.05) is 35.6 Å². The van der Waals surface area contributed by atoms with Gasteiger partial charge in [-0.3, -0.25) is 9.78 Å². The Bertz CT molecular complexity index is 1270. The van der Waals surface area contributed by atoms with E-state index >= 15 is 0 Å². The maximum atomic E-state index is 12.0. The van der Waals surface area contributed by atoms with Gasteiger partial charge in [0.25, 0.3) is 0 Å². The number of benzene rings is 1. The lowest BCUT2D eigenvalue weighted by atomic mass is 9.99. The topological polar surface area (TPSA) is 63.9 Å². The third-order valence-electron chi connectivity index (χ3n) is 6.24. The van der Waals surface area contributed by atoms with Crippen molar-refractivity contribution in [3.05, 3.63) is 60.9 Å². The summed E-state index contributed by atoms with van der Waals surface area (Å²) in [7, 11) is 0. The number of anilines is 1. The first-order valence-electron chi connectivity index (χ1n) is 10.5. The number of hydrogen-bond donors (Lipinski definition) is 0. The Hall–Kier alpha value is -3.54. The van der Waals surface area contributed by atoms with E-state index in [-0.39, 0.29) is 5.91 Å². The van der Waals surface area contributed by atoms with E-state index in [0.29, 0.717) is 6.42 Å². The summed E-state index contributed by atoms with van der Waals surface area (Å²) in [6.45, 7) is 1.82. The lowest BCUT2D eigenvalue weighted by Crippen LogP contribution is -2.23. The van der Waals surface area contributed by atoms with E-state index in [1.54, 1.807) is 6.33 Å². The quantitative estimate of drug-likeness (QED) is 0.521. The number of aryl methyl sites for hydroxylation is 1. The first-order chi connectivity index (χ1) is 14.8. The van der Waals surface area contributed by atoms with Crippen LogP contribution in [-0.2, 0) is 17.8 Å². The second-order valence-corrected chi connectivity index (χ2v) is 8.00. The number of carbonyl (C=O) groups is 1. The number of hydrogen-bond acceptors (Lipinski definition) is 4. The zero-order chi connectivity index (χ0) is 20.1. The van der Waals surface area contributed by atoms with Crippen molar-refractivity contribution in [3.8, 4) is 22.3 Å². The van der Waals surface area contributed by atoms with Gasteiger partial charge in [-0.1, -0.05) is 12.1 Å². The van der Waals surface area contributed by atoms with Crippen LogP contribution in [-0.4, -0.2) is 32.0 Å². The monoisotopic (exact) mass is 395 g/mol. The molecule has 2 aliphatic heterocycles. The van der Waals surface area contributed by atoms with Crippen molar-refractivity contribution in [3.63, 3.8) is 0 Å². The van der Waals surface area contributed by atoms with E-state index in [9.17, 15) is 4.79 Å². The largest absolute Gasteiger partial charge is 0.329 e. The normalized spacial score (nSPS) is 15.9. The first-order valence-corrected chi connectivity index (χ1v) is 10.5. The Balaban J connectivity index is 1.41. The van der Waals surface area contributed by atoms with Gasteiger partial charge in [-0.05, 0) is 43.0 Å². The Kier molecular flexibility index (Phi) is 3.91. The summed E-state index contributed by atoms with van der Waals surface area (Å²) < 4.78 is 2.32. The second-order valence-electron chi connectivity index (χ2n) is 8.00. The molecule has 5 heterocycles. The Morgan fingerprint density at radius 1 is 0.833 bits per heavy atom. The maximum absolute atomic E-state index is 12.0. The van der Waals surface area contributed by atoms with Crippen LogP contribution < -0.4 is 4.90 Å². The lowest BCUT2D eigenvalue weighted by Gasteiger charge is -2.16. The molecule has 1 amide bonds. The Morgan fingerprint density at radius 2 is 1.67 bits per heavy atom. The van der Waals surface area contributed by atoms with Crippen molar-refractivity contribution in [2.24, 2.45) is 0 Å². The minimum absolute atomic E-state index is 0.211. The smallest absolute Gasteiger partial charge is 0.227 e. The van der Waals surface area contributed by atoms with E-state index in [2.05, 4.69) is 37.7 Å². The molecule has 1 saturated heterocycles. The molecule has 1 fully saturated rings. The number of nitrogens with zero attached hydrogens (tertiary/aromatic N) is 5. The molecular formula is C24H21N5O. The van der Waals surface area contributed by atoms with E-state index in [4.69, 9.17) is 0 Å². The summed E-state index contributed by atoms with van der Waals surface area (Å²) in [5.74, 6) is 0.211. The van der Waals surface area contributed by atoms with Crippen molar-refractivity contribution in [1.82, 2.24) is 19.5 Å². The van der Waals surface area contributed by atoms with Crippen molar-refractivity contribution in [2.75, 3.05) is 11.4 Å². The lowest BCUT2D eigenvalue weighted by molar-refractivity contribution is -0.117. The van der Waals surface area contributed by atoms with Crippen molar-refractivity contribution < 1.29 is 4.79 Å². The molecule has 3 aromatic heterocycles. The van der Waals surface area contributed by atoms with Gasteiger partial charge in [-0.2, -0.15) is 0 Å². The number of pyridine rings is 1.